The SMILES string of the molecule is Cn1nc(N)c(=O)c2cc(Cl)c(Cl)cc21. The van der Waals surface area contributed by atoms with Gasteiger partial charge >= 0.3 is 0 Å². The highest BCUT2D eigenvalue weighted by molar-refractivity contribution is 6.42. The molecular formula is C9H7Cl2N3O. The van der Waals surface area contributed by atoms with Gasteiger partial charge in [0.1, 0.15) is 0 Å². The number of anilines is 1. The molecule has 0 amide bonds. The Labute approximate surface area is 95.2 Å². The second kappa shape index (κ2) is 3.40. The van der Waals surface area contributed by atoms with Crippen LogP contribution in [0.3, 0.4) is 0 Å². The van der Waals surface area contributed by atoms with Crippen molar-refractivity contribution in [1.82, 2.24) is 9.78 Å². The molecule has 0 saturated heterocycles. The smallest absolute Gasteiger partial charge is 0.231 e. The lowest BCUT2D eigenvalue weighted by Crippen LogP contribution is -2.16. The molecule has 4 nitrogen and oxygen atoms in total. The van der Waals surface area contributed by atoms with Gasteiger partial charge in [0.15, 0.2) is 5.82 Å². The van der Waals surface area contributed by atoms with Crippen LogP contribution in [-0.2, 0) is 7.05 Å². The number of fused-ring (bicyclic) bond motifs is 1. The van der Waals surface area contributed by atoms with E-state index in [4.69, 9.17) is 28.9 Å². The molecule has 0 aliphatic heterocycles. The van der Waals surface area contributed by atoms with Crippen molar-refractivity contribution < 1.29 is 0 Å². The van der Waals surface area contributed by atoms with Crippen LogP contribution >= 0.6 is 23.2 Å². The van der Waals surface area contributed by atoms with E-state index in [1.54, 1.807) is 13.1 Å². The van der Waals surface area contributed by atoms with E-state index in [1.807, 2.05) is 0 Å². The zero-order valence-electron chi connectivity index (χ0n) is 7.79. The number of nitrogen functional groups attached to an aromatic ring is 1. The molecule has 2 aromatic rings. The molecule has 0 aliphatic rings. The first-order valence-electron chi connectivity index (χ1n) is 4.12. The van der Waals surface area contributed by atoms with Crippen molar-refractivity contribution in [2.24, 2.45) is 7.05 Å². The highest BCUT2D eigenvalue weighted by Gasteiger charge is 2.09. The Kier molecular flexibility index (Phi) is 2.32. The molecule has 1 heterocycles. The number of hydrogen-bond donors (Lipinski definition) is 1. The fourth-order valence-electron chi connectivity index (χ4n) is 1.38. The normalized spacial score (nSPS) is 10.9. The fraction of sp³-hybridized carbons (Fsp3) is 0.111. The van der Waals surface area contributed by atoms with Crippen molar-refractivity contribution in [2.75, 3.05) is 5.73 Å². The first kappa shape index (κ1) is 10.3. The summed E-state index contributed by atoms with van der Waals surface area (Å²) in [6.07, 6.45) is 0. The summed E-state index contributed by atoms with van der Waals surface area (Å²) in [6, 6.07) is 3.09. The molecule has 1 aromatic carbocycles. The maximum Gasteiger partial charge on any atom is 0.231 e. The molecule has 0 unspecified atom stereocenters. The number of halogens is 2. The molecule has 78 valence electrons. The summed E-state index contributed by atoms with van der Waals surface area (Å²) in [5.41, 5.74) is 5.72. The summed E-state index contributed by atoms with van der Waals surface area (Å²) >= 11 is 11.7. The van der Waals surface area contributed by atoms with E-state index >= 15 is 0 Å². The monoisotopic (exact) mass is 243 g/mol. The summed E-state index contributed by atoms with van der Waals surface area (Å²) in [6.45, 7) is 0. The van der Waals surface area contributed by atoms with Gasteiger partial charge in [-0.1, -0.05) is 23.2 Å². The summed E-state index contributed by atoms with van der Waals surface area (Å²) in [5, 5.41) is 4.97. The average molecular weight is 244 g/mol. The van der Waals surface area contributed by atoms with Crippen molar-refractivity contribution in [3.63, 3.8) is 0 Å². The van der Waals surface area contributed by atoms with Crippen LogP contribution in [0.5, 0.6) is 0 Å². The van der Waals surface area contributed by atoms with Gasteiger partial charge in [0.05, 0.1) is 20.9 Å². The van der Waals surface area contributed by atoms with Crippen molar-refractivity contribution >= 4 is 39.9 Å². The quantitative estimate of drug-likeness (QED) is 0.768. The molecule has 0 fully saturated rings. The third-order valence-corrected chi connectivity index (χ3v) is 2.84. The molecular weight excluding hydrogens is 237 g/mol. The molecule has 0 spiro atoms. The average Bonchev–Trinajstić information content (AvgIpc) is 2.18. The van der Waals surface area contributed by atoms with E-state index in [9.17, 15) is 4.79 Å². The zero-order chi connectivity index (χ0) is 11.2. The molecule has 2 rings (SSSR count). The maximum atomic E-state index is 11.6. The van der Waals surface area contributed by atoms with Crippen LogP contribution in [0.15, 0.2) is 16.9 Å². The van der Waals surface area contributed by atoms with Gasteiger partial charge in [0, 0.05) is 7.05 Å². The van der Waals surface area contributed by atoms with Crippen molar-refractivity contribution in [1.29, 1.82) is 0 Å². The van der Waals surface area contributed by atoms with E-state index in [0.717, 1.165) is 0 Å². The van der Waals surface area contributed by atoms with E-state index in [2.05, 4.69) is 5.10 Å². The number of nitrogens with two attached hydrogens (primary N) is 1. The first-order valence-corrected chi connectivity index (χ1v) is 4.88. The molecule has 0 saturated carbocycles. The Morgan fingerprint density at radius 3 is 2.60 bits per heavy atom. The van der Waals surface area contributed by atoms with Gasteiger partial charge in [-0.05, 0) is 12.1 Å². The number of rotatable bonds is 0. The topological polar surface area (TPSA) is 60.9 Å². The van der Waals surface area contributed by atoms with Gasteiger partial charge in [0.2, 0.25) is 5.43 Å². The Morgan fingerprint density at radius 2 is 1.93 bits per heavy atom. The minimum absolute atomic E-state index is 0.0524. The number of aryl methyl sites for hydroxylation is 1. The minimum atomic E-state index is -0.332. The van der Waals surface area contributed by atoms with Crippen molar-refractivity contribution in [3.05, 3.63) is 32.4 Å². The van der Waals surface area contributed by atoms with Gasteiger partial charge in [-0.3, -0.25) is 9.48 Å². The third kappa shape index (κ3) is 1.56. The van der Waals surface area contributed by atoms with Crippen LogP contribution in [-0.4, -0.2) is 9.78 Å². The second-order valence-electron chi connectivity index (χ2n) is 3.12. The molecule has 15 heavy (non-hydrogen) atoms. The molecule has 0 radical (unpaired) electrons. The van der Waals surface area contributed by atoms with Crippen molar-refractivity contribution in [2.45, 2.75) is 0 Å². The van der Waals surface area contributed by atoms with E-state index in [-0.39, 0.29) is 11.2 Å². The van der Waals surface area contributed by atoms with Crippen LogP contribution in [0.4, 0.5) is 5.82 Å². The standard InChI is InChI=1S/C9H7Cl2N3O/c1-14-7-3-6(11)5(10)2-4(7)8(15)9(12)13-14/h2-3H,1H3,(H2,12,13). The summed E-state index contributed by atoms with van der Waals surface area (Å²) in [4.78, 5) is 11.6. The first-order chi connectivity index (χ1) is 7.00. The maximum absolute atomic E-state index is 11.6. The molecule has 0 atom stereocenters. The van der Waals surface area contributed by atoms with Gasteiger partial charge in [-0.25, -0.2) is 0 Å². The summed E-state index contributed by atoms with van der Waals surface area (Å²) in [7, 11) is 1.68. The van der Waals surface area contributed by atoms with E-state index < -0.39 is 0 Å². The van der Waals surface area contributed by atoms with Crippen LogP contribution < -0.4 is 11.2 Å². The van der Waals surface area contributed by atoms with Crippen LogP contribution in [0, 0.1) is 0 Å². The predicted octanol–water partition coefficient (Wildman–Crippen LogP) is 1.82. The number of hydrogen-bond acceptors (Lipinski definition) is 3. The third-order valence-electron chi connectivity index (χ3n) is 2.12. The predicted molar refractivity (Wildman–Crippen MR) is 61.4 cm³/mol. The summed E-state index contributed by atoms with van der Waals surface area (Å²) in [5.74, 6) is -0.0524. The lowest BCUT2D eigenvalue weighted by Gasteiger charge is -2.06. The Hall–Kier alpha value is -1.26. The molecule has 0 bridgehead atoms. The van der Waals surface area contributed by atoms with E-state index in [1.165, 1.54) is 10.7 Å². The molecule has 0 aliphatic carbocycles. The Bertz CT molecular complexity index is 606. The number of aromatic nitrogens is 2. The van der Waals surface area contributed by atoms with E-state index in [0.29, 0.717) is 20.9 Å². The lowest BCUT2D eigenvalue weighted by molar-refractivity contribution is 0.781. The van der Waals surface area contributed by atoms with Crippen LogP contribution in [0.2, 0.25) is 10.0 Å². The number of nitrogens with zero attached hydrogens (tertiary/aromatic N) is 2. The van der Waals surface area contributed by atoms with Crippen molar-refractivity contribution in [3.8, 4) is 0 Å². The number of benzene rings is 1. The van der Waals surface area contributed by atoms with Gasteiger partial charge in [-0.2, -0.15) is 5.10 Å². The Balaban J connectivity index is 3.04. The van der Waals surface area contributed by atoms with Gasteiger partial charge < -0.3 is 5.73 Å². The fourth-order valence-corrected chi connectivity index (χ4v) is 1.71. The minimum Gasteiger partial charge on any atom is -0.379 e. The molecule has 1 aromatic heterocycles. The van der Waals surface area contributed by atoms with Gasteiger partial charge in [0.25, 0.3) is 0 Å². The highest BCUT2D eigenvalue weighted by atomic mass is 35.5. The van der Waals surface area contributed by atoms with Crippen LogP contribution in [0.1, 0.15) is 0 Å². The Morgan fingerprint density at radius 1 is 1.33 bits per heavy atom. The zero-order valence-corrected chi connectivity index (χ0v) is 9.30. The lowest BCUT2D eigenvalue weighted by atomic mass is 10.2. The molecule has 6 heteroatoms. The molecule has 2 N–H and O–H groups in total. The highest BCUT2D eigenvalue weighted by Crippen LogP contribution is 2.25. The van der Waals surface area contributed by atoms with Gasteiger partial charge in [-0.15, -0.1) is 0 Å². The van der Waals surface area contributed by atoms with Crippen LogP contribution in [0.25, 0.3) is 10.9 Å². The largest absolute Gasteiger partial charge is 0.379 e. The summed E-state index contributed by atoms with van der Waals surface area (Å²) < 4.78 is 1.49. The second-order valence-corrected chi connectivity index (χ2v) is 3.94.